The van der Waals surface area contributed by atoms with Gasteiger partial charge in [0.15, 0.2) is 0 Å². The van der Waals surface area contributed by atoms with Gasteiger partial charge >= 0.3 is 5.82 Å². The van der Waals surface area contributed by atoms with E-state index in [1.54, 1.807) is 26.4 Å². The summed E-state index contributed by atoms with van der Waals surface area (Å²) in [6, 6.07) is 12.9. The minimum Gasteiger partial charge on any atom is -0.385 e. The lowest BCUT2D eigenvalue weighted by molar-refractivity contribution is -0.441. The van der Waals surface area contributed by atoms with Crippen molar-refractivity contribution in [2.75, 3.05) is 45.4 Å². The number of anilines is 1. The minimum absolute atomic E-state index is 0.111. The van der Waals surface area contributed by atoms with Gasteiger partial charge in [-0.2, -0.15) is 8.42 Å². The summed E-state index contributed by atoms with van der Waals surface area (Å²) in [5.41, 5.74) is 5.74. The first-order valence-electron chi connectivity index (χ1n) is 23.1. The van der Waals surface area contributed by atoms with Gasteiger partial charge in [0, 0.05) is 74.4 Å². The Labute approximate surface area is 404 Å². The Morgan fingerprint density at radius 1 is 0.956 bits per heavy atom. The van der Waals surface area contributed by atoms with Crippen LogP contribution in [0.3, 0.4) is 0 Å². The highest BCUT2D eigenvalue weighted by Crippen LogP contribution is 2.54. The highest BCUT2D eigenvalue weighted by atomic mass is 32.2. The molecule has 1 fully saturated rings. The van der Waals surface area contributed by atoms with Crippen LogP contribution in [0.4, 0.5) is 11.5 Å². The van der Waals surface area contributed by atoms with Crippen LogP contribution in [0.2, 0.25) is 0 Å². The molecule has 4 heterocycles. The minimum atomic E-state index is -4.51. The average Bonchev–Trinajstić information content (AvgIpc) is 3.85. The molecule has 16 heteroatoms. The van der Waals surface area contributed by atoms with Crippen LogP contribution in [-0.2, 0) is 49.4 Å². The monoisotopic (exact) mass is 967 g/mol. The molecule has 2 unspecified atom stereocenters. The van der Waals surface area contributed by atoms with E-state index in [0.29, 0.717) is 68.7 Å². The molecule has 3 aliphatic heterocycles. The van der Waals surface area contributed by atoms with Crippen molar-refractivity contribution < 1.29 is 51.3 Å². The van der Waals surface area contributed by atoms with E-state index < -0.39 is 20.9 Å². The molecule has 0 radical (unpaired) electrons. The van der Waals surface area contributed by atoms with Gasteiger partial charge in [-0.05, 0) is 117 Å². The maximum Gasteiger partial charge on any atom is 0.328 e. The molecule has 0 bridgehead atoms. The van der Waals surface area contributed by atoms with Crippen molar-refractivity contribution >= 4 is 66.8 Å². The molecule has 3 aromatic carbocycles. The number of methoxy groups -OCH3 is 2. The topological polar surface area (TPSA) is 160 Å². The highest BCUT2D eigenvalue weighted by molar-refractivity contribution is 7.94. The lowest BCUT2D eigenvalue weighted by Gasteiger charge is -2.30. The number of aryl methyl sites for hydroxylation is 1. The van der Waals surface area contributed by atoms with Gasteiger partial charge in [-0.15, -0.1) is 9.40 Å². The zero-order valence-corrected chi connectivity index (χ0v) is 41.5. The Balaban J connectivity index is 1.24. The number of hydroxylamine groups is 2. The smallest absolute Gasteiger partial charge is 0.328 e. The van der Waals surface area contributed by atoms with Gasteiger partial charge in [0.25, 0.3) is 16.0 Å². The SMILES string of the molecule is C=C(CCCCCN1/C(=C/C=C/C=C/C2=[N+](CCC)c3ncc4c(SOOO)cc(C)cc4c3C2(C)CCOC)C(C)(CCOC)c2c1ccc1c(S(=O)(=O)O)cccc21)ON1C(=C)CCC1=O. The molecule has 3 aliphatic rings. The number of carbonyl (C=O) groups is 1. The molecule has 1 aromatic heterocycles. The van der Waals surface area contributed by atoms with E-state index in [9.17, 15) is 17.8 Å². The number of unbranched alkanes of at least 4 members (excludes halogenated alkanes) is 2. The highest BCUT2D eigenvalue weighted by Gasteiger charge is 2.48. The van der Waals surface area contributed by atoms with Crippen molar-refractivity contribution in [2.24, 2.45) is 0 Å². The molecule has 362 valence electrons. The first-order chi connectivity index (χ1) is 32.6. The Bertz CT molecular complexity index is 2820. The fraction of sp³-hybridized carbons (Fsp3) is 0.404. The number of benzene rings is 3. The number of hydrogen-bond acceptors (Lipinski definition) is 12. The Morgan fingerprint density at radius 3 is 2.41 bits per heavy atom. The summed E-state index contributed by atoms with van der Waals surface area (Å²) >= 11 is 0.932. The van der Waals surface area contributed by atoms with Gasteiger partial charge in [-0.25, -0.2) is 9.83 Å². The predicted octanol–water partition coefficient (Wildman–Crippen LogP) is 11.1. The largest absolute Gasteiger partial charge is 0.385 e. The zero-order valence-electron chi connectivity index (χ0n) is 39.9. The first-order valence-corrected chi connectivity index (χ1v) is 25.3. The molecule has 14 nitrogen and oxygen atoms in total. The molecule has 1 amide bonds. The molecule has 2 N–H and O–H groups in total. The van der Waals surface area contributed by atoms with E-state index in [4.69, 9.17) is 28.9 Å². The van der Waals surface area contributed by atoms with Crippen LogP contribution in [0.15, 0.2) is 119 Å². The number of pyridine rings is 1. The summed E-state index contributed by atoms with van der Waals surface area (Å²) in [4.78, 5) is 26.0. The van der Waals surface area contributed by atoms with E-state index in [-0.39, 0.29) is 10.8 Å². The third kappa shape index (κ3) is 10.1. The first kappa shape index (κ1) is 50.7. The lowest BCUT2D eigenvalue weighted by atomic mass is 9.75. The van der Waals surface area contributed by atoms with Crippen LogP contribution >= 0.6 is 12.0 Å². The number of nitrogens with zero attached hydrogens (tertiary/aromatic N) is 4. The molecule has 2 atom stereocenters. The van der Waals surface area contributed by atoms with E-state index in [2.05, 4.69) is 78.8 Å². The third-order valence-corrected chi connectivity index (χ3v) is 14.9. The average molecular weight is 968 g/mol. The summed E-state index contributed by atoms with van der Waals surface area (Å²) in [5.74, 6) is 1.30. The van der Waals surface area contributed by atoms with Crippen molar-refractivity contribution in [1.82, 2.24) is 10.0 Å². The number of rotatable bonds is 23. The summed E-state index contributed by atoms with van der Waals surface area (Å²) in [7, 11) is -1.11. The van der Waals surface area contributed by atoms with E-state index in [1.165, 1.54) is 11.1 Å². The zero-order chi connectivity index (χ0) is 48.8. The molecule has 7 rings (SSSR count). The van der Waals surface area contributed by atoms with Crippen molar-refractivity contribution in [3.8, 4) is 0 Å². The second kappa shape index (κ2) is 21.6. The normalized spacial score (nSPS) is 20.1. The van der Waals surface area contributed by atoms with Crippen molar-refractivity contribution in [1.29, 1.82) is 0 Å². The number of fused-ring (bicyclic) bond motifs is 6. The Kier molecular flexibility index (Phi) is 16.1. The summed E-state index contributed by atoms with van der Waals surface area (Å²) in [6.45, 7) is 19.0. The Morgan fingerprint density at radius 2 is 1.72 bits per heavy atom. The van der Waals surface area contributed by atoms with Crippen LogP contribution in [-0.4, -0.2) is 85.0 Å². The Hall–Kier alpha value is -5.17. The van der Waals surface area contributed by atoms with Crippen LogP contribution in [0.5, 0.6) is 0 Å². The standard InChI is InChI=1S/C52H62N4O10S2/c1-9-28-55-46(52(6,27-31-63-8)49-40-32-35(2)33-43(67-66-65-58)41(40)34-53-50(49)55)21-14-10-13-20-45-51(5,26-30-62-7)48-39-18-16-19-44(68(59,60)61)38(39)23-24-42(48)54(45)29-15-11-12-17-37(4)64-56-36(3)22-25-47(56)57/h10,13-14,16,18-21,23-24,32-34H,3-4,9,11-12,15,17,22,25-31H2,1-2,5-8H3,(H-,58,59,60,61)/p+1. The number of hydrogen-bond donors (Lipinski definition) is 2. The number of carbonyl (C=O) groups excluding carboxylic acids is 1. The van der Waals surface area contributed by atoms with Gasteiger partial charge < -0.3 is 19.2 Å². The molecular formula is C52H63N4O10S2+. The van der Waals surface area contributed by atoms with E-state index in [0.717, 1.165) is 105 Å². The van der Waals surface area contributed by atoms with Crippen LogP contribution in [0, 0.1) is 6.92 Å². The molecule has 0 saturated carbocycles. The van der Waals surface area contributed by atoms with Crippen LogP contribution in [0.25, 0.3) is 21.5 Å². The van der Waals surface area contributed by atoms with E-state index >= 15 is 0 Å². The molecule has 0 aliphatic carbocycles. The fourth-order valence-electron chi connectivity index (χ4n) is 10.1. The number of amides is 1. The maximum absolute atomic E-state index is 12.6. The van der Waals surface area contributed by atoms with Gasteiger partial charge in [-0.3, -0.25) is 9.35 Å². The summed E-state index contributed by atoms with van der Waals surface area (Å²) in [5, 5.41) is 17.3. The van der Waals surface area contributed by atoms with Crippen molar-refractivity contribution in [2.45, 2.75) is 106 Å². The van der Waals surface area contributed by atoms with Gasteiger partial charge in [0.2, 0.25) is 0 Å². The van der Waals surface area contributed by atoms with Gasteiger partial charge in [-0.1, -0.05) is 74.0 Å². The number of aromatic nitrogens is 1. The van der Waals surface area contributed by atoms with Gasteiger partial charge in [0.1, 0.15) is 22.6 Å². The molecular weight excluding hydrogens is 905 g/mol. The van der Waals surface area contributed by atoms with E-state index in [1.807, 2.05) is 37.4 Å². The second-order valence-electron chi connectivity index (χ2n) is 18.0. The lowest BCUT2D eigenvalue weighted by Crippen LogP contribution is -2.33. The van der Waals surface area contributed by atoms with Crippen molar-refractivity contribution in [3.05, 3.63) is 126 Å². The molecule has 68 heavy (non-hydrogen) atoms. The van der Waals surface area contributed by atoms with Crippen LogP contribution in [0.1, 0.15) is 95.2 Å². The van der Waals surface area contributed by atoms with Crippen LogP contribution < -0.4 is 4.90 Å². The molecule has 4 aromatic rings. The second-order valence-corrected chi connectivity index (χ2v) is 20.2. The summed E-state index contributed by atoms with van der Waals surface area (Å²) < 4.78 is 54.2. The molecule has 1 saturated heterocycles. The quantitative estimate of drug-likeness (QED) is 0.0106. The summed E-state index contributed by atoms with van der Waals surface area (Å²) in [6.07, 6.45) is 18.6. The van der Waals surface area contributed by atoms with Gasteiger partial charge in [0.05, 0.1) is 40.2 Å². The fourth-order valence-corrected chi connectivity index (χ4v) is 11.4. The molecule has 0 spiro atoms. The number of ether oxygens (including phenoxy) is 2. The third-order valence-electron chi connectivity index (χ3n) is 13.4. The number of allylic oxidation sites excluding steroid dienone is 8. The maximum atomic E-state index is 12.6. The van der Waals surface area contributed by atoms with Crippen molar-refractivity contribution in [3.63, 3.8) is 0 Å². The predicted molar refractivity (Wildman–Crippen MR) is 266 cm³/mol.